The van der Waals surface area contributed by atoms with Crippen LogP contribution in [0.4, 0.5) is 0 Å². The number of para-hydroxylation sites is 1. The van der Waals surface area contributed by atoms with Crippen LogP contribution in [0.15, 0.2) is 42.5 Å². The maximum absolute atomic E-state index is 13.0. The van der Waals surface area contributed by atoms with Crippen molar-refractivity contribution in [3.63, 3.8) is 0 Å². The molecule has 29 heavy (non-hydrogen) atoms. The number of fused-ring (bicyclic) bond motifs is 1. The van der Waals surface area contributed by atoms with Crippen LogP contribution in [0.2, 0.25) is 0 Å². The number of carbonyl (C=O) groups excluding carboxylic acids is 1. The number of hydrogen-bond donors (Lipinski definition) is 1. The topological polar surface area (TPSA) is 37.6 Å². The smallest absolute Gasteiger partial charge is 0.277 e. The van der Waals surface area contributed by atoms with Gasteiger partial charge in [0.25, 0.3) is 5.91 Å². The normalized spacial score (nSPS) is 18.2. The van der Waals surface area contributed by atoms with Gasteiger partial charge in [0.05, 0.1) is 22.3 Å². The summed E-state index contributed by atoms with van der Waals surface area (Å²) in [7, 11) is 2.12. The number of amides is 1. The molecule has 1 saturated heterocycles. The molecule has 1 aliphatic rings. The molecule has 1 N–H and O–H groups in total. The lowest BCUT2D eigenvalue weighted by Crippen LogP contribution is -3.09. The van der Waals surface area contributed by atoms with E-state index in [0.29, 0.717) is 12.5 Å². The van der Waals surface area contributed by atoms with Crippen molar-refractivity contribution < 1.29 is 9.69 Å². The van der Waals surface area contributed by atoms with Crippen LogP contribution in [0.1, 0.15) is 40.5 Å². The molecule has 4 rings (SSSR count). The Morgan fingerprint density at radius 3 is 2.86 bits per heavy atom. The van der Waals surface area contributed by atoms with Gasteiger partial charge < -0.3 is 9.80 Å². The predicted molar refractivity (Wildman–Crippen MR) is 120 cm³/mol. The van der Waals surface area contributed by atoms with Crippen LogP contribution in [-0.2, 0) is 11.3 Å². The van der Waals surface area contributed by atoms with Gasteiger partial charge in [-0.05, 0) is 44.4 Å². The van der Waals surface area contributed by atoms with Crippen LogP contribution in [0.25, 0.3) is 10.2 Å². The summed E-state index contributed by atoms with van der Waals surface area (Å²) in [6, 6.07) is 14.9. The molecule has 152 valence electrons. The second kappa shape index (κ2) is 8.64. The minimum atomic E-state index is 0.262. The number of benzene rings is 2. The molecular weight excluding hydrogens is 378 g/mol. The third-order valence-electron chi connectivity index (χ3n) is 5.88. The third kappa shape index (κ3) is 4.68. The first kappa shape index (κ1) is 20.0. The molecule has 0 bridgehead atoms. The zero-order chi connectivity index (χ0) is 20.4. The van der Waals surface area contributed by atoms with Crippen LogP contribution >= 0.6 is 11.3 Å². The van der Waals surface area contributed by atoms with Crippen molar-refractivity contribution in [2.75, 3.05) is 26.7 Å². The second-order valence-electron chi connectivity index (χ2n) is 8.44. The Kier molecular flexibility index (Phi) is 5.97. The predicted octanol–water partition coefficient (Wildman–Crippen LogP) is 3.33. The molecule has 0 radical (unpaired) electrons. The molecule has 0 aliphatic carbocycles. The number of carbonyl (C=O) groups is 1. The Morgan fingerprint density at radius 1 is 1.24 bits per heavy atom. The van der Waals surface area contributed by atoms with Crippen molar-refractivity contribution in [1.29, 1.82) is 0 Å². The fraction of sp³-hybridized carbons (Fsp3) is 0.417. The number of likely N-dealkylation sites (N-methyl/N-ethyl adjacent to an activating group) is 1. The zero-order valence-corrected chi connectivity index (χ0v) is 18.4. The highest BCUT2D eigenvalue weighted by atomic mass is 32.1. The second-order valence-corrected chi connectivity index (χ2v) is 9.50. The molecule has 1 aromatic heterocycles. The largest absolute Gasteiger partial charge is 0.337 e. The lowest BCUT2D eigenvalue weighted by atomic mass is 9.98. The molecule has 1 fully saturated rings. The van der Waals surface area contributed by atoms with E-state index >= 15 is 0 Å². The maximum atomic E-state index is 13.0. The van der Waals surface area contributed by atoms with E-state index in [-0.39, 0.29) is 5.91 Å². The van der Waals surface area contributed by atoms with Crippen molar-refractivity contribution >= 4 is 27.5 Å². The number of piperidine rings is 1. The van der Waals surface area contributed by atoms with E-state index in [1.165, 1.54) is 31.3 Å². The van der Waals surface area contributed by atoms with E-state index in [0.717, 1.165) is 38.0 Å². The van der Waals surface area contributed by atoms with Gasteiger partial charge in [-0.2, -0.15) is 0 Å². The van der Waals surface area contributed by atoms with Gasteiger partial charge in [0, 0.05) is 24.6 Å². The molecule has 1 amide bonds. The average molecular weight is 409 g/mol. The van der Waals surface area contributed by atoms with E-state index in [2.05, 4.69) is 62.2 Å². The Balaban J connectivity index is 1.38. The van der Waals surface area contributed by atoms with E-state index in [4.69, 9.17) is 4.98 Å². The lowest BCUT2D eigenvalue weighted by molar-refractivity contribution is -0.885. The maximum Gasteiger partial charge on any atom is 0.277 e. The number of thiazole rings is 1. The zero-order valence-electron chi connectivity index (χ0n) is 17.6. The number of likely N-dealkylation sites (tertiary alicyclic amines) is 1. The van der Waals surface area contributed by atoms with Crippen molar-refractivity contribution in [2.45, 2.75) is 39.2 Å². The summed E-state index contributed by atoms with van der Waals surface area (Å²) in [6.07, 6.45) is 2.18. The average Bonchev–Trinajstić information content (AvgIpc) is 3.14. The van der Waals surface area contributed by atoms with Crippen molar-refractivity contribution in [3.05, 3.63) is 64.2 Å². The van der Waals surface area contributed by atoms with Crippen molar-refractivity contribution in [2.24, 2.45) is 0 Å². The number of rotatable bonds is 5. The highest BCUT2D eigenvalue weighted by molar-refractivity contribution is 7.18. The first-order chi connectivity index (χ1) is 14.0. The molecule has 4 nitrogen and oxygen atoms in total. The first-order valence-electron chi connectivity index (χ1n) is 10.5. The Morgan fingerprint density at radius 2 is 2.07 bits per heavy atom. The quantitative estimate of drug-likeness (QED) is 0.703. The monoisotopic (exact) mass is 408 g/mol. The molecule has 3 aromatic rings. The van der Waals surface area contributed by atoms with Crippen LogP contribution in [-0.4, -0.2) is 42.5 Å². The van der Waals surface area contributed by atoms with Crippen molar-refractivity contribution in [3.8, 4) is 0 Å². The SMILES string of the molecule is Cc1ccc(C[NH+](C)CC(=O)N2CCC[C@H](c3nc4ccccc4s3)C2)c(C)c1. The van der Waals surface area contributed by atoms with Crippen LogP contribution in [0.3, 0.4) is 0 Å². The van der Waals surface area contributed by atoms with Gasteiger partial charge >= 0.3 is 0 Å². The minimum absolute atomic E-state index is 0.262. The molecule has 2 aromatic carbocycles. The molecule has 0 spiro atoms. The number of hydrogen-bond acceptors (Lipinski definition) is 3. The van der Waals surface area contributed by atoms with Gasteiger partial charge in [-0.15, -0.1) is 11.3 Å². The summed E-state index contributed by atoms with van der Waals surface area (Å²) in [4.78, 5) is 21.1. The summed E-state index contributed by atoms with van der Waals surface area (Å²) in [6.45, 7) is 7.37. The summed E-state index contributed by atoms with van der Waals surface area (Å²) >= 11 is 1.78. The molecule has 5 heteroatoms. The summed E-state index contributed by atoms with van der Waals surface area (Å²) < 4.78 is 1.24. The summed E-state index contributed by atoms with van der Waals surface area (Å²) in [5.74, 6) is 0.628. The lowest BCUT2D eigenvalue weighted by Gasteiger charge is -2.32. The molecular formula is C24H30N3OS+. The Labute approximate surface area is 177 Å². The van der Waals surface area contributed by atoms with Gasteiger partial charge in [0.1, 0.15) is 6.54 Å². The van der Waals surface area contributed by atoms with Gasteiger partial charge in [0.2, 0.25) is 0 Å². The van der Waals surface area contributed by atoms with E-state index in [1.807, 2.05) is 6.07 Å². The van der Waals surface area contributed by atoms with E-state index < -0.39 is 0 Å². The molecule has 1 aliphatic heterocycles. The van der Waals surface area contributed by atoms with Crippen LogP contribution < -0.4 is 4.90 Å². The number of quaternary nitrogens is 1. The highest BCUT2D eigenvalue weighted by Gasteiger charge is 2.28. The molecule has 0 saturated carbocycles. The fourth-order valence-electron chi connectivity index (χ4n) is 4.27. The summed E-state index contributed by atoms with van der Waals surface area (Å²) in [5.41, 5.74) is 5.00. The van der Waals surface area contributed by atoms with Gasteiger partial charge in [-0.1, -0.05) is 35.9 Å². The Bertz CT molecular complexity index is 979. The first-order valence-corrected chi connectivity index (χ1v) is 11.3. The number of aryl methyl sites for hydroxylation is 2. The van der Waals surface area contributed by atoms with E-state index in [9.17, 15) is 4.79 Å². The molecule has 2 atom stereocenters. The standard InChI is InChI=1S/C24H29N3OS/c1-17-10-11-19(18(2)13-17)14-26(3)16-23(28)27-12-6-7-20(15-27)24-25-21-8-4-5-9-22(21)29-24/h4-5,8-11,13,20H,6-7,12,14-16H2,1-3H3/p+1/t20-/m0/s1. The number of nitrogens with one attached hydrogen (secondary N) is 1. The van der Waals surface area contributed by atoms with Gasteiger partial charge in [-0.3, -0.25) is 4.79 Å². The highest BCUT2D eigenvalue weighted by Crippen LogP contribution is 2.32. The summed E-state index contributed by atoms with van der Waals surface area (Å²) in [5, 5.41) is 1.18. The van der Waals surface area contributed by atoms with E-state index in [1.54, 1.807) is 11.3 Å². The molecule has 1 unspecified atom stereocenters. The Hall–Kier alpha value is -2.24. The number of aromatic nitrogens is 1. The fourth-order valence-corrected chi connectivity index (χ4v) is 5.36. The number of nitrogens with zero attached hydrogens (tertiary/aromatic N) is 2. The van der Waals surface area contributed by atoms with Gasteiger partial charge in [-0.25, -0.2) is 4.98 Å². The third-order valence-corrected chi connectivity index (χ3v) is 7.08. The van der Waals surface area contributed by atoms with Crippen LogP contribution in [0.5, 0.6) is 0 Å². The molecule has 2 heterocycles. The van der Waals surface area contributed by atoms with Crippen LogP contribution in [0, 0.1) is 13.8 Å². The van der Waals surface area contributed by atoms with Gasteiger partial charge in [0.15, 0.2) is 6.54 Å². The van der Waals surface area contributed by atoms with Crippen molar-refractivity contribution in [1.82, 2.24) is 9.88 Å². The minimum Gasteiger partial charge on any atom is -0.337 e.